The number of aliphatic hydroxyl groups is 1. The van der Waals surface area contributed by atoms with Crippen molar-refractivity contribution in [2.24, 2.45) is 0 Å². The van der Waals surface area contributed by atoms with E-state index >= 15 is 0 Å². The molecule has 0 saturated carbocycles. The number of benzene rings is 1. The van der Waals surface area contributed by atoms with E-state index in [-0.39, 0.29) is 30.0 Å². The summed E-state index contributed by atoms with van der Waals surface area (Å²) in [4.78, 5) is 24.4. The highest BCUT2D eigenvalue weighted by molar-refractivity contribution is 5.97. The fourth-order valence-corrected chi connectivity index (χ4v) is 2.26. The Morgan fingerprint density at radius 1 is 1.40 bits per heavy atom. The third-order valence-electron chi connectivity index (χ3n) is 3.25. The smallest absolute Gasteiger partial charge is 0.326 e. The van der Waals surface area contributed by atoms with Crippen molar-refractivity contribution in [1.29, 1.82) is 0 Å². The fraction of sp³-hybridized carbons (Fsp3) is 0.385. The van der Waals surface area contributed by atoms with E-state index in [9.17, 15) is 19.8 Å². The van der Waals surface area contributed by atoms with Gasteiger partial charge in [0, 0.05) is 18.5 Å². The average molecular weight is 281 g/mol. The minimum atomic E-state index is -1.16. The van der Waals surface area contributed by atoms with Crippen LogP contribution in [0.15, 0.2) is 18.2 Å². The largest absolute Gasteiger partial charge is 0.504 e. The van der Waals surface area contributed by atoms with Crippen LogP contribution in [-0.4, -0.2) is 57.9 Å². The molecule has 0 radical (unpaired) electrons. The second-order valence-corrected chi connectivity index (χ2v) is 4.59. The molecule has 0 aromatic heterocycles. The summed E-state index contributed by atoms with van der Waals surface area (Å²) in [6.45, 7) is -0.0391. The van der Waals surface area contributed by atoms with Crippen molar-refractivity contribution in [3.8, 4) is 11.5 Å². The number of rotatable bonds is 3. The third kappa shape index (κ3) is 2.53. The van der Waals surface area contributed by atoms with Gasteiger partial charge in [-0.05, 0) is 18.2 Å². The molecule has 0 unspecified atom stereocenters. The Hall–Kier alpha value is -2.28. The van der Waals surface area contributed by atoms with Gasteiger partial charge in [0.15, 0.2) is 11.5 Å². The predicted octanol–water partition coefficient (Wildman–Crippen LogP) is 0.0608. The van der Waals surface area contributed by atoms with Gasteiger partial charge in [0.2, 0.25) is 0 Å². The summed E-state index contributed by atoms with van der Waals surface area (Å²) in [7, 11) is 1.38. The summed E-state index contributed by atoms with van der Waals surface area (Å²) in [6.07, 6.45) is -0.852. The van der Waals surface area contributed by atoms with Crippen molar-refractivity contribution < 1.29 is 29.6 Å². The second-order valence-electron chi connectivity index (χ2n) is 4.59. The van der Waals surface area contributed by atoms with E-state index in [0.717, 1.165) is 4.90 Å². The number of aliphatic hydroxyl groups excluding tert-OH is 1. The van der Waals surface area contributed by atoms with E-state index < -0.39 is 24.0 Å². The first-order chi connectivity index (χ1) is 9.43. The van der Waals surface area contributed by atoms with Crippen molar-refractivity contribution in [2.75, 3.05) is 13.7 Å². The summed E-state index contributed by atoms with van der Waals surface area (Å²) >= 11 is 0. The van der Waals surface area contributed by atoms with Crippen molar-refractivity contribution in [1.82, 2.24) is 4.90 Å². The Morgan fingerprint density at radius 2 is 2.10 bits per heavy atom. The molecule has 3 N–H and O–H groups in total. The van der Waals surface area contributed by atoms with Gasteiger partial charge in [-0.15, -0.1) is 0 Å². The number of hydrogen-bond acceptors (Lipinski definition) is 5. The fourth-order valence-electron chi connectivity index (χ4n) is 2.26. The molecule has 20 heavy (non-hydrogen) atoms. The van der Waals surface area contributed by atoms with Gasteiger partial charge in [-0.25, -0.2) is 4.79 Å². The van der Waals surface area contributed by atoms with Gasteiger partial charge in [0.05, 0.1) is 13.2 Å². The first-order valence-corrected chi connectivity index (χ1v) is 6.03. The quantitative estimate of drug-likeness (QED) is 0.723. The van der Waals surface area contributed by atoms with Crippen LogP contribution in [0.3, 0.4) is 0 Å². The lowest BCUT2D eigenvalue weighted by atomic mass is 10.1. The van der Waals surface area contributed by atoms with E-state index in [2.05, 4.69) is 0 Å². The number of likely N-dealkylation sites (tertiary alicyclic amines) is 1. The minimum absolute atomic E-state index is 0.00318. The molecule has 0 bridgehead atoms. The molecule has 1 saturated heterocycles. The monoisotopic (exact) mass is 281 g/mol. The van der Waals surface area contributed by atoms with Crippen molar-refractivity contribution in [3.05, 3.63) is 23.8 Å². The maximum Gasteiger partial charge on any atom is 0.326 e. The molecule has 1 aliphatic heterocycles. The van der Waals surface area contributed by atoms with Crippen LogP contribution in [0, 0.1) is 0 Å². The van der Waals surface area contributed by atoms with Crippen molar-refractivity contribution >= 4 is 11.9 Å². The standard InChI is InChI=1S/C13H15NO6/c1-20-11-3-2-7(4-10(11)16)12(17)14-6-8(15)5-9(14)13(18)19/h2-4,8-9,15-16H,5-6H2,1H3,(H,18,19)/t8-,9+/m1/s1. The van der Waals surface area contributed by atoms with Crippen molar-refractivity contribution in [3.63, 3.8) is 0 Å². The molecule has 1 aromatic carbocycles. The number of β-amino-alcohol motifs (C(OH)–C–C–N with tert-alkyl or cyclic N) is 1. The number of carbonyl (C=O) groups excluding carboxylic acids is 1. The van der Waals surface area contributed by atoms with E-state index in [4.69, 9.17) is 9.84 Å². The Kier molecular flexibility index (Phi) is 3.80. The number of methoxy groups -OCH3 is 1. The zero-order chi connectivity index (χ0) is 14.9. The third-order valence-corrected chi connectivity index (χ3v) is 3.25. The zero-order valence-electron chi connectivity index (χ0n) is 10.8. The lowest BCUT2D eigenvalue weighted by Gasteiger charge is -2.21. The van der Waals surface area contributed by atoms with Gasteiger partial charge in [0.25, 0.3) is 5.91 Å². The van der Waals surface area contributed by atoms with E-state index in [1.54, 1.807) is 0 Å². The lowest BCUT2D eigenvalue weighted by Crippen LogP contribution is -2.40. The van der Waals surface area contributed by atoms with E-state index in [1.807, 2.05) is 0 Å². The second kappa shape index (κ2) is 5.38. The van der Waals surface area contributed by atoms with Crippen molar-refractivity contribution in [2.45, 2.75) is 18.6 Å². The number of phenols is 1. The normalized spacial score (nSPS) is 21.8. The van der Waals surface area contributed by atoms with Crippen LogP contribution >= 0.6 is 0 Å². The van der Waals surface area contributed by atoms with Crippen LogP contribution in [0.4, 0.5) is 0 Å². The molecule has 1 fully saturated rings. The highest BCUT2D eigenvalue weighted by atomic mass is 16.5. The molecule has 1 aromatic rings. The number of carbonyl (C=O) groups is 2. The van der Waals surface area contributed by atoms with Crippen LogP contribution < -0.4 is 4.74 Å². The highest BCUT2D eigenvalue weighted by Crippen LogP contribution is 2.28. The number of carboxylic acid groups (broad SMARTS) is 1. The summed E-state index contributed by atoms with van der Waals surface area (Å²) < 4.78 is 4.87. The van der Waals surface area contributed by atoms with Gasteiger partial charge in [-0.1, -0.05) is 0 Å². The van der Waals surface area contributed by atoms with Crippen LogP contribution in [0.1, 0.15) is 16.8 Å². The number of amides is 1. The minimum Gasteiger partial charge on any atom is -0.504 e. The van der Waals surface area contributed by atoms with Gasteiger partial charge in [-0.2, -0.15) is 0 Å². The topological polar surface area (TPSA) is 107 Å². The molecule has 2 atom stereocenters. The molecule has 2 rings (SSSR count). The number of hydrogen-bond donors (Lipinski definition) is 3. The molecular formula is C13H15NO6. The van der Waals surface area contributed by atoms with E-state index in [1.165, 1.54) is 25.3 Å². The molecule has 0 spiro atoms. The first-order valence-electron chi connectivity index (χ1n) is 6.03. The molecule has 1 amide bonds. The summed E-state index contributed by atoms with van der Waals surface area (Å²) in [5.74, 6) is -1.69. The number of ether oxygens (including phenoxy) is 1. The summed E-state index contributed by atoms with van der Waals surface area (Å²) in [5.41, 5.74) is 0.142. The molecule has 1 aliphatic rings. The maximum atomic E-state index is 12.3. The zero-order valence-corrected chi connectivity index (χ0v) is 10.8. The van der Waals surface area contributed by atoms with Gasteiger partial charge < -0.3 is 25.0 Å². The number of aromatic hydroxyl groups is 1. The number of phenolic OH excluding ortho intramolecular Hbond substituents is 1. The first kappa shape index (κ1) is 14.1. The van der Waals surface area contributed by atoms with Crippen LogP contribution in [-0.2, 0) is 4.79 Å². The van der Waals surface area contributed by atoms with Crippen LogP contribution in [0.5, 0.6) is 11.5 Å². The molecule has 0 aliphatic carbocycles. The Balaban J connectivity index is 2.26. The SMILES string of the molecule is COc1ccc(C(=O)N2C[C@H](O)C[C@H]2C(=O)O)cc1O. The molecule has 7 heteroatoms. The molecule has 7 nitrogen and oxygen atoms in total. The number of carboxylic acids is 1. The van der Waals surface area contributed by atoms with Crippen LogP contribution in [0.25, 0.3) is 0 Å². The summed E-state index contributed by atoms with van der Waals surface area (Å²) in [5, 5.41) is 28.2. The summed E-state index contributed by atoms with van der Waals surface area (Å²) in [6, 6.07) is 3.02. The molecular weight excluding hydrogens is 266 g/mol. The van der Waals surface area contributed by atoms with Gasteiger partial charge in [-0.3, -0.25) is 4.79 Å². The predicted molar refractivity (Wildman–Crippen MR) is 67.7 cm³/mol. The number of aliphatic carboxylic acids is 1. The maximum absolute atomic E-state index is 12.3. The Labute approximate surface area is 115 Å². The Bertz CT molecular complexity index is 544. The lowest BCUT2D eigenvalue weighted by molar-refractivity contribution is -0.141. The van der Waals surface area contributed by atoms with E-state index in [0.29, 0.717) is 0 Å². The molecule has 108 valence electrons. The van der Waals surface area contributed by atoms with Crippen LogP contribution in [0.2, 0.25) is 0 Å². The molecule has 1 heterocycles. The van der Waals surface area contributed by atoms with Gasteiger partial charge in [0.1, 0.15) is 6.04 Å². The Morgan fingerprint density at radius 3 is 2.65 bits per heavy atom. The van der Waals surface area contributed by atoms with Gasteiger partial charge >= 0.3 is 5.97 Å². The average Bonchev–Trinajstić information content (AvgIpc) is 2.80. The number of nitrogens with zero attached hydrogens (tertiary/aromatic N) is 1. The highest BCUT2D eigenvalue weighted by Gasteiger charge is 2.39.